The van der Waals surface area contributed by atoms with Gasteiger partial charge in [0.05, 0.1) is 19.1 Å². The summed E-state index contributed by atoms with van der Waals surface area (Å²) in [5.74, 6) is 1.87. The highest BCUT2D eigenvalue weighted by Crippen LogP contribution is 2.27. The van der Waals surface area contributed by atoms with Gasteiger partial charge in [0.25, 0.3) is 0 Å². The van der Waals surface area contributed by atoms with E-state index in [9.17, 15) is 9.59 Å². The van der Waals surface area contributed by atoms with Crippen LogP contribution in [0.3, 0.4) is 0 Å². The highest BCUT2D eigenvalue weighted by molar-refractivity contribution is 5.82. The van der Waals surface area contributed by atoms with Gasteiger partial charge in [-0.1, -0.05) is 68.5 Å². The lowest BCUT2D eigenvalue weighted by atomic mass is 9.87. The van der Waals surface area contributed by atoms with Crippen molar-refractivity contribution in [1.82, 2.24) is 20.6 Å². The van der Waals surface area contributed by atoms with E-state index in [1.54, 1.807) is 7.05 Å². The molecule has 1 aromatic heterocycles. The smallest absolute Gasteiger partial charge is 0.308 e. The quantitative estimate of drug-likeness (QED) is 0.232. The number of likely N-dealkylation sites (N-methyl/N-ethyl adjacent to an activating group) is 1. The van der Waals surface area contributed by atoms with Gasteiger partial charge in [0, 0.05) is 30.1 Å². The molecular formula is C35H46N4O4. The summed E-state index contributed by atoms with van der Waals surface area (Å²) in [4.78, 5) is 33.7. The summed E-state index contributed by atoms with van der Waals surface area (Å²) in [6.07, 6.45) is 12.3. The van der Waals surface area contributed by atoms with E-state index in [2.05, 4.69) is 32.7 Å². The van der Waals surface area contributed by atoms with Gasteiger partial charge in [0.15, 0.2) is 5.82 Å². The molecule has 0 saturated heterocycles. The number of carbonyl (C=O) groups excluding carboxylic acids is 2. The summed E-state index contributed by atoms with van der Waals surface area (Å²) in [6, 6.07) is 15.6. The second-order valence-corrected chi connectivity index (χ2v) is 12.3. The molecule has 8 heteroatoms. The van der Waals surface area contributed by atoms with Crippen molar-refractivity contribution < 1.29 is 19.1 Å². The molecule has 1 saturated carbocycles. The zero-order valence-electron chi connectivity index (χ0n) is 26.0. The number of hydrogen-bond acceptors (Lipinski definition) is 7. The minimum absolute atomic E-state index is 0.132. The lowest BCUT2D eigenvalue weighted by Gasteiger charge is -2.21. The first-order valence-corrected chi connectivity index (χ1v) is 15.5. The molecule has 3 aromatic rings. The number of rotatable bonds is 13. The average Bonchev–Trinajstić information content (AvgIpc) is 3.00. The van der Waals surface area contributed by atoms with Crippen LogP contribution in [-0.2, 0) is 20.7 Å². The van der Waals surface area contributed by atoms with Gasteiger partial charge in [-0.25, -0.2) is 9.97 Å². The second-order valence-electron chi connectivity index (χ2n) is 12.3. The summed E-state index contributed by atoms with van der Waals surface area (Å²) < 4.78 is 11.3. The summed E-state index contributed by atoms with van der Waals surface area (Å²) in [6.45, 7) is 6.47. The first-order chi connectivity index (χ1) is 20.7. The van der Waals surface area contributed by atoms with Crippen molar-refractivity contribution in [3.05, 3.63) is 66.5 Å². The largest absolute Gasteiger partial charge is 0.494 e. The average molecular weight is 587 g/mol. The Labute approximate surface area is 256 Å². The number of amides is 1. The van der Waals surface area contributed by atoms with Crippen molar-refractivity contribution in [3.63, 3.8) is 0 Å². The lowest BCUT2D eigenvalue weighted by molar-refractivity contribution is -0.154. The van der Waals surface area contributed by atoms with Crippen LogP contribution in [0.15, 0.2) is 60.9 Å². The molecule has 1 unspecified atom stereocenters. The van der Waals surface area contributed by atoms with Crippen LogP contribution in [0.5, 0.6) is 5.75 Å². The van der Waals surface area contributed by atoms with Gasteiger partial charge < -0.3 is 20.1 Å². The molecule has 0 spiro atoms. The highest BCUT2D eigenvalue weighted by atomic mass is 16.6. The van der Waals surface area contributed by atoms with Crippen LogP contribution in [-0.4, -0.2) is 53.7 Å². The second kappa shape index (κ2) is 15.6. The van der Waals surface area contributed by atoms with E-state index in [4.69, 9.17) is 9.47 Å². The van der Waals surface area contributed by atoms with Crippen LogP contribution in [0.2, 0.25) is 0 Å². The predicted molar refractivity (Wildman–Crippen MR) is 170 cm³/mol. The zero-order chi connectivity index (χ0) is 30.7. The van der Waals surface area contributed by atoms with Crippen LogP contribution in [0.1, 0.15) is 71.3 Å². The number of hydrogen-bond donors (Lipinski definition) is 2. The third-order valence-corrected chi connectivity index (χ3v) is 7.72. The molecule has 8 nitrogen and oxygen atoms in total. The molecule has 2 aromatic carbocycles. The topological polar surface area (TPSA) is 102 Å². The van der Waals surface area contributed by atoms with Crippen LogP contribution < -0.4 is 15.4 Å². The Kier molecular flexibility index (Phi) is 11.7. The van der Waals surface area contributed by atoms with E-state index in [1.807, 2.05) is 69.6 Å². The predicted octanol–water partition coefficient (Wildman–Crippen LogP) is 6.14. The molecule has 1 amide bonds. The van der Waals surface area contributed by atoms with E-state index in [0.29, 0.717) is 12.2 Å². The fourth-order valence-corrected chi connectivity index (χ4v) is 5.34. The van der Waals surface area contributed by atoms with Crippen LogP contribution in [0.25, 0.3) is 22.5 Å². The van der Waals surface area contributed by atoms with Gasteiger partial charge in [-0.2, -0.15) is 0 Å². The minimum atomic E-state index is -0.539. The minimum Gasteiger partial charge on any atom is -0.494 e. The number of ether oxygens (including phenoxy) is 2. The van der Waals surface area contributed by atoms with Crippen molar-refractivity contribution in [2.24, 2.45) is 5.92 Å². The van der Waals surface area contributed by atoms with Crippen LogP contribution >= 0.6 is 0 Å². The van der Waals surface area contributed by atoms with Gasteiger partial charge in [-0.15, -0.1) is 0 Å². The lowest BCUT2D eigenvalue weighted by Crippen LogP contribution is -2.44. The van der Waals surface area contributed by atoms with Crippen molar-refractivity contribution in [3.8, 4) is 28.3 Å². The number of esters is 1. The molecule has 1 fully saturated rings. The zero-order valence-corrected chi connectivity index (χ0v) is 26.0. The monoisotopic (exact) mass is 586 g/mol. The van der Waals surface area contributed by atoms with Gasteiger partial charge in [0.1, 0.15) is 11.4 Å². The van der Waals surface area contributed by atoms with Crippen LogP contribution in [0.4, 0.5) is 0 Å². The first kappa shape index (κ1) is 32.1. The number of aromatic nitrogens is 2. The molecule has 1 atom stereocenters. The molecule has 2 N–H and O–H groups in total. The maximum Gasteiger partial charge on any atom is 0.308 e. The van der Waals surface area contributed by atoms with E-state index in [-0.39, 0.29) is 24.8 Å². The molecule has 0 aliphatic heterocycles. The summed E-state index contributed by atoms with van der Waals surface area (Å²) in [5, 5.41) is 5.88. The van der Waals surface area contributed by atoms with Crippen LogP contribution in [0, 0.1) is 5.92 Å². The van der Waals surface area contributed by atoms with Gasteiger partial charge in [-0.05, 0) is 69.8 Å². The summed E-state index contributed by atoms with van der Waals surface area (Å²) >= 11 is 0. The number of carbonyl (C=O) groups is 2. The SMILES string of the molecule is CNC(Cc1ccc(-c2ncc(-c3ccc(OCCC4CCCCC4)cc3)cn2)cc1)C(=O)NCCC(=O)OC(C)(C)C. The Hall–Kier alpha value is -3.78. The highest BCUT2D eigenvalue weighted by Gasteiger charge is 2.19. The van der Waals surface area contributed by atoms with Gasteiger partial charge in [0.2, 0.25) is 5.91 Å². The van der Waals surface area contributed by atoms with E-state index in [1.165, 1.54) is 32.1 Å². The van der Waals surface area contributed by atoms with E-state index >= 15 is 0 Å². The third-order valence-electron chi connectivity index (χ3n) is 7.72. The number of nitrogens with zero attached hydrogens (tertiary/aromatic N) is 2. The van der Waals surface area contributed by atoms with E-state index in [0.717, 1.165) is 46.9 Å². The molecule has 1 aliphatic rings. The number of nitrogens with one attached hydrogen (secondary N) is 2. The molecule has 0 radical (unpaired) electrons. The third kappa shape index (κ3) is 10.5. The van der Waals surface area contributed by atoms with Crippen molar-refractivity contribution in [2.75, 3.05) is 20.2 Å². The summed E-state index contributed by atoms with van der Waals surface area (Å²) in [5.41, 5.74) is 3.36. The normalized spacial score (nSPS) is 14.6. The fourth-order valence-electron chi connectivity index (χ4n) is 5.34. The molecule has 1 aliphatic carbocycles. The first-order valence-electron chi connectivity index (χ1n) is 15.5. The Bertz CT molecular complexity index is 1300. The van der Waals surface area contributed by atoms with Crippen molar-refractivity contribution in [2.45, 2.75) is 83.8 Å². The summed E-state index contributed by atoms with van der Waals surface area (Å²) in [7, 11) is 1.75. The van der Waals surface area contributed by atoms with Gasteiger partial charge in [-0.3, -0.25) is 9.59 Å². The Balaban J connectivity index is 1.25. The maximum atomic E-state index is 12.7. The van der Waals surface area contributed by atoms with Crippen molar-refractivity contribution in [1.29, 1.82) is 0 Å². The Morgan fingerprint density at radius 3 is 2.19 bits per heavy atom. The van der Waals surface area contributed by atoms with Gasteiger partial charge >= 0.3 is 5.97 Å². The molecule has 4 rings (SSSR count). The Morgan fingerprint density at radius 2 is 1.56 bits per heavy atom. The maximum absolute atomic E-state index is 12.7. The standard InChI is InChI=1S/C35H46N4O4/c1-35(2,3)43-32(40)18-20-37-34(41)31(36-4)22-26-10-12-28(13-11-26)33-38-23-29(24-39-33)27-14-16-30(17-15-27)42-21-19-25-8-6-5-7-9-25/h10-17,23-25,31,36H,5-9,18-22H2,1-4H3,(H,37,41). The Morgan fingerprint density at radius 1 is 0.907 bits per heavy atom. The molecule has 43 heavy (non-hydrogen) atoms. The van der Waals surface area contributed by atoms with E-state index < -0.39 is 11.6 Å². The molecule has 230 valence electrons. The molecular weight excluding hydrogens is 540 g/mol. The van der Waals surface area contributed by atoms with Crippen molar-refractivity contribution >= 4 is 11.9 Å². The molecule has 1 heterocycles. The fraction of sp³-hybridized carbons (Fsp3) is 0.486. The molecule has 0 bridgehead atoms. The number of benzene rings is 2.